The minimum Gasteiger partial charge on any atom is -0.493 e. The lowest BCUT2D eigenvalue weighted by Gasteiger charge is -2.18. The molecule has 0 aliphatic carbocycles. The lowest BCUT2D eigenvalue weighted by Crippen LogP contribution is -2.19. The second kappa shape index (κ2) is 7.01. The van der Waals surface area contributed by atoms with Gasteiger partial charge in [-0.05, 0) is 32.0 Å². The Bertz CT molecular complexity index is 405. The monoisotopic (exact) mass is 250 g/mol. The summed E-state index contributed by atoms with van der Waals surface area (Å²) in [6, 6.07) is 6.33. The zero-order valence-corrected chi connectivity index (χ0v) is 11.3. The van der Waals surface area contributed by atoms with Gasteiger partial charge in [-0.25, -0.2) is 0 Å². The molecule has 1 aromatic carbocycles. The van der Waals surface area contributed by atoms with E-state index in [-0.39, 0.29) is 18.4 Å². The second-order valence-corrected chi connectivity index (χ2v) is 4.39. The summed E-state index contributed by atoms with van der Waals surface area (Å²) >= 11 is 0. The Morgan fingerprint density at radius 2 is 2.22 bits per heavy atom. The first-order chi connectivity index (χ1) is 8.54. The summed E-state index contributed by atoms with van der Waals surface area (Å²) in [5.74, 6) is 0.480. The average molecular weight is 250 g/mol. The van der Waals surface area contributed by atoms with Gasteiger partial charge in [0.25, 0.3) is 0 Å². The molecule has 0 aliphatic rings. The molecule has 3 N–H and O–H groups in total. The molecule has 100 valence electrons. The molecular formula is C14H22N2O2. The van der Waals surface area contributed by atoms with Crippen molar-refractivity contribution >= 4 is 5.91 Å². The number of ether oxygens (including phenoxy) is 1. The number of nitrogens with one attached hydrogen (secondary N) is 1. The first-order valence-electron chi connectivity index (χ1n) is 6.29. The minimum absolute atomic E-state index is 0.221. The van der Waals surface area contributed by atoms with Crippen molar-refractivity contribution < 1.29 is 9.53 Å². The molecule has 0 saturated heterocycles. The zero-order chi connectivity index (χ0) is 13.5. The van der Waals surface area contributed by atoms with Crippen LogP contribution in [0.25, 0.3) is 0 Å². The van der Waals surface area contributed by atoms with E-state index in [1.807, 2.05) is 13.0 Å². The molecule has 0 fully saturated rings. The molecule has 1 aromatic rings. The van der Waals surface area contributed by atoms with Gasteiger partial charge >= 0.3 is 0 Å². The van der Waals surface area contributed by atoms with E-state index in [0.29, 0.717) is 6.61 Å². The van der Waals surface area contributed by atoms with E-state index in [4.69, 9.17) is 10.5 Å². The number of carbonyl (C=O) groups excluding carboxylic acids is 1. The van der Waals surface area contributed by atoms with Crippen LogP contribution in [-0.2, 0) is 4.79 Å². The number of benzene rings is 1. The molecule has 1 amide bonds. The van der Waals surface area contributed by atoms with E-state index in [0.717, 1.165) is 23.4 Å². The number of aryl methyl sites for hydroxylation is 1. The molecule has 18 heavy (non-hydrogen) atoms. The lowest BCUT2D eigenvalue weighted by atomic mass is 10.0. The number of hydrogen-bond donors (Lipinski definition) is 2. The third-order valence-corrected chi connectivity index (χ3v) is 2.75. The third kappa shape index (κ3) is 4.37. The molecule has 4 heteroatoms. The molecule has 4 nitrogen and oxygen atoms in total. The number of rotatable bonds is 7. The largest absolute Gasteiger partial charge is 0.493 e. The van der Waals surface area contributed by atoms with Gasteiger partial charge in [-0.3, -0.25) is 4.79 Å². The molecule has 0 radical (unpaired) electrons. The van der Waals surface area contributed by atoms with Gasteiger partial charge in [0.05, 0.1) is 13.0 Å². The average Bonchev–Trinajstić information content (AvgIpc) is 2.29. The summed E-state index contributed by atoms with van der Waals surface area (Å²) in [7, 11) is 0. The number of carbonyl (C=O) groups is 1. The van der Waals surface area contributed by atoms with Crippen LogP contribution in [0.2, 0.25) is 0 Å². The number of nitrogens with two attached hydrogens (primary N) is 1. The fourth-order valence-corrected chi connectivity index (χ4v) is 1.80. The van der Waals surface area contributed by atoms with Crippen LogP contribution in [0.1, 0.15) is 37.4 Å². The van der Waals surface area contributed by atoms with Crippen molar-refractivity contribution in [3.05, 3.63) is 29.3 Å². The highest BCUT2D eigenvalue weighted by Crippen LogP contribution is 2.26. The van der Waals surface area contributed by atoms with Crippen LogP contribution in [0, 0.1) is 6.92 Å². The topological polar surface area (TPSA) is 64.3 Å². The Morgan fingerprint density at radius 1 is 1.50 bits per heavy atom. The van der Waals surface area contributed by atoms with Gasteiger partial charge in [-0.2, -0.15) is 0 Å². The molecule has 0 aromatic heterocycles. The van der Waals surface area contributed by atoms with E-state index in [9.17, 15) is 4.79 Å². The fraction of sp³-hybridized carbons (Fsp3) is 0.500. The molecule has 1 atom stereocenters. The first kappa shape index (κ1) is 14.5. The Balaban J connectivity index is 2.79. The second-order valence-electron chi connectivity index (χ2n) is 4.39. The van der Waals surface area contributed by atoms with E-state index in [2.05, 4.69) is 31.3 Å². The van der Waals surface area contributed by atoms with Crippen LogP contribution in [-0.4, -0.2) is 19.1 Å². The van der Waals surface area contributed by atoms with E-state index in [1.54, 1.807) is 0 Å². The van der Waals surface area contributed by atoms with Crippen molar-refractivity contribution in [2.45, 2.75) is 33.2 Å². The van der Waals surface area contributed by atoms with Crippen LogP contribution in [0.5, 0.6) is 5.75 Å². The fourth-order valence-electron chi connectivity index (χ4n) is 1.80. The number of hydrogen-bond acceptors (Lipinski definition) is 3. The van der Waals surface area contributed by atoms with Gasteiger partial charge < -0.3 is 15.8 Å². The summed E-state index contributed by atoms with van der Waals surface area (Å²) in [5.41, 5.74) is 7.34. The molecule has 1 unspecified atom stereocenters. The highest BCUT2D eigenvalue weighted by Gasteiger charge is 2.11. The van der Waals surface area contributed by atoms with Crippen LogP contribution in [0.3, 0.4) is 0 Å². The Hall–Kier alpha value is -1.55. The van der Waals surface area contributed by atoms with Crippen LogP contribution in [0.4, 0.5) is 0 Å². The lowest BCUT2D eigenvalue weighted by molar-refractivity contribution is -0.118. The number of primary amides is 1. The molecule has 1 rings (SSSR count). The van der Waals surface area contributed by atoms with Crippen molar-refractivity contribution in [1.82, 2.24) is 5.32 Å². The molecule has 0 spiro atoms. The van der Waals surface area contributed by atoms with Crippen LogP contribution < -0.4 is 15.8 Å². The van der Waals surface area contributed by atoms with Crippen molar-refractivity contribution in [3.63, 3.8) is 0 Å². The SMILES string of the molecule is CCNC(C)c1ccc(C)cc1OCCC(N)=O. The van der Waals surface area contributed by atoms with Crippen molar-refractivity contribution in [1.29, 1.82) is 0 Å². The molecule has 0 heterocycles. The van der Waals surface area contributed by atoms with Crippen LogP contribution >= 0.6 is 0 Å². The minimum atomic E-state index is -0.344. The summed E-state index contributed by atoms with van der Waals surface area (Å²) in [6.07, 6.45) is 0.239. The summed E-state index contributed by atoms with van der Waals surface area (Å²) in [6.45, 7) is 7.40. The Labute approximate surface area is 109 Å². The van der Waals surface area contributed by atoms with E-state index in [1.165, 1.54) is 0 Å². The molecule has 0 saturated carbocycles. The van der Waals surface area contributed by atoms with Crippen molar-refractivity contribution in [3.8, 4) is 5.75 Å². The standard InChI is InChI=1S/C14H22N2O2/c1-4-16-11(3)12-6-5-10(2)9-13(12)18-8-7-14(15)17/h5-6,9,11,16H,4,7-8H2,1-3H3,(H2,15,17). The van der Waals surface area contributed by atoms with E-state index >= 15 is 0 Å². The zero-order valence-electron chi connectivity index (χ0n) is 11.3. The predicted molar refractivity (Wildman–Crippen MR) is 72.6 cm³/mol. The quantitative estimate of drug-likeness (QED) is 0.777. The van der Waals surface area contributed by atoms with Crippen molar-refractivity contribution in [2.75, 3.05) is 13.2 Å². The maximum absolute atomic E-state index is 10.7. The highest BCUT2D eigenvalue weighted by atomic mass is 16.5. The van der Waals surface area contributed by atoms with Gasteiger partial charge in [0.1, 0.15) is 5.75 Å². The summed E-state index contributed by atoms with van der Waals surface area (Å²) in [4.78, 5) is 10.7. The normalized spacial score (nSPS) is 12.2. The molecule has 0 bridgehead atoms. The van der Waals surface area contributed by atoms with Gasteiger partial charge in [0, 0.05) is 11.6 Å². The van der Waals surface area contributed by atoms with Gasteiger partial charge in [0.2, 0.25) is 5.91 Å². The number of amides is 1. The molecule has 0 aliphatic heterocycles. The Kier molecular flexibility index (Phi) is 5.65. The maximum Gasteiger partial charge on any atom is 0.220 e. The summed E-state index contributed by atoms with van der Waals surface area (Å²) in [5, 5.41) is 3.35. The smallest absolute Gasteiger partial charge is 0.220 e. The molecular weight excluding hydrogens is 228 g/mol. The Morgan fingerprint density at radius 3 is 2.83 bits per heavy atom. The maximum atomic E-state index is 10.7. The van der Waals surface area contributed by atoms with Gasteiger partial charge in [-0.1, -0.05) is 19.1 Å². The van der Waals surface area contributed by atoms with E-state index < -0.39 is 0 Å². The highest BCUT2D eigenvalue weighted by molar-refractivity contribution is 5.73. The van der Waals surface area contributed by atoms with Crippen LogP contribution in [0.15, 0.2) is 18.2 Å². The summed E-state index contributed by atoms with van der Waals surface area (Å²) < 4.78 is 5.66. The first-order valence-corrected chi connectivity index (χ1v) is 6.29. The van der Waals surface area contributed by atoms with Crippen molar-refractivity contribution in [2.24, 2.45) is 5.73 Å². The van der Waals surface area contributed by atoms with Gasteiger partial charge in [0.15, 0.2) is 0 Å². The third-order valence-electron chi connectivity index (χ3n) is 2.75. The predicted octanol–water partition coefficient (Wildman–Crippen LogP) is 1.92. The van der Waals surface area contributed by atoms with Gasteiger partial charge in [-0.15, -0.1) is 0 Å².